The molecule has 6 nitrogen and oxygen atoms in total. The van der Waals surface area contributed by atoms with E-state index in [4.69, 9.17) is 38.4 Å². The third kappa shape index (κ3) is 4.08. The van der Waals surface area contributed by atoms with Crippen molar-refractivity contribution in [3.05, 3.63) is 111 Å². The van der Waals surface area contributed by atoms with E-state index in [0.29, 0.717) is 33.8 Å². The average molecular weight is 489 g/mol. The number of allylic oxidation sites excluding steroid dienone is 1. The monoisotopic (exact) mass is 488 g/mol. The molecule has 168 valence electrons. The van der Waals surface area contributed by atoms with Crippen LogP contribution in [0.15, 0.2) is 84.3 Å². The van der Waals surface area contributed by atoms with Crippen LogP contribution in [0, 0.1) is 11.3 Å². The molecule has 0 spiro atoms. The average Bonchev–Trinajstić information content (AvgIpc) is 3.28. The number of rotatable bonds is 5. The van der Waals surface area contributed by atoms with Crippen LogP contribution in [-0.4, -0.2) is 10.2 Å². The van der Waals surface area contributed by atoms with E-state index in [0.717, 1.165) is 22.4 Å². The number of ether oxygens (including phenoxy) is 2. The summed E-state index contributed by atoms with van der Waals surface area (Å²) < 4.78 is 11.6. The summed E-state index contributed by atoms with van der Waals surface area (Å²) in [5, 5.41) is 18.0. The largest absolute Gasteiger partial charge is 0.489 e. The van der Waals surface area contributed by atoms with Crippen LogP contribution >= 0.6 is 23.2 Å². The highest BCUT2D eigenvalue weighted by Gasteiger charge is 2.35. The molecular weight excluding hydrogens is 471 g/mol. The topological polar surface area (TPSA) is 97.0 Å². The van der Waals surface area contributed by atoms with E-state index in [1.807, 2.05) is 60.7 Å². The summed E-state index contributed by atoms with van der Waals surface area (Å²) in [7, 11) is 0. The number of aromatic nitrogens is 2. The summed E-state index contributed by atoms with van der Waals surface area (Å²) in [6, 6.07) is 25.0. The van der Waals surface area contributed by atoms with Crippen molar-refractivity contribution in [3.63, 3.8) is 0 Å². The third-order valence-corrected chi connectivity index (χ3v) is 6.35. The standard InChI is InChI=1S/C26H18Cl2N4O2/c27-20-11-8-17(12-21(20)28)22-19(13-29)25(30)34-26-23(22)24(31-32-26)16-6-9-18(10-7-16)33-14-15-4-2-1-3-5-15/h1-12,22H,14,30H2,(H,31,32). The molecule has 1 aliphatic heterocycles. The summed E-state index contributed by atoms with van der Waals surface area (Å²) in [6.45, 7) is 0.475. The van der Waals surface area contributed by atoms with Crippen LogP contribution in [0.1, 0.15) is 22.6 Å². The molecule has 1 aliphatic rings. The van der Waals surface area contributed by atoms with E-state index in [-0.39, 0.29) is 11.5 Å². The Labute approximate surface area is 206 Å². The lowest BCUT2D eigenvalue weighted by Crippen LogP contribution is -2.21. The zero-order chi connectivity index (χ0) is 23.7. The first kappa shape index (κ1) is 21.9. The normalized spacial score (nSPS) is 14.8. The number of nitrogens with zero attached hydrogens (tertiary/aromatic N) is 2. The van der Waals surface area contributed by atoms with Gasteiger partial charge in [0.25, 0.3) is 0 Å². The van der Waals surface area contributed by atoms with Gasteiger partial charge in [0.1, 0.15) is 24.0 Å². The highest BCUT2D eigenvalue weighted by atomic mass is 35.5. The van der Waals surface area contributed by atoms with Crippen molar-refractivity contribution in [2.45, 2.75) is 12.5 Å². The lowest BCUT2D eigenvalue weighted by Gasteiger charge is -2.24. The predicted molar refractivity (Wildman–Crippen MR) is 131 cm³/mol. The maximum atomic E-state index is 9.86. The Bertz CT molecular complexity index is 1420. The Hall–Kier alpha value is -3.92. The van der Waals surface area contributed by atoms with Gasteiger partial charge in [0, 0.05) is 5.56 Å². The van der Waals surface area contributed by atoms with E-state index in [2.05, 4.69) is 16.3 Å². The first-order chi connectivity index (χ1) is 16.5. The smallest absolute Gasteiger partial charge is 0.244 e. The Kier molecular flexibility index (Phi) is 5.89. The van der Waals surface area contributed by atoms with Crippen molar-refractivity contribution in [1.29, 1.82) is 5.26 Å². The number of fused-ring (bicyclic) bond motifs is 1. The fraction of sp³-hybridized carbons (Fsp3) is 0.0769. The molecule has 2 heterocycles. The summed E-state index contributed by atoms with van der Waals surface area (Å²) >= 11 is 12.4. The van der Waals surface area contributed by atoms with Gasteiger partial charge in [-0.3, -0.25) is 5.10 Å². The molecular formula is C26H18Cl2N4O2. The quantitative estimate of drug-likeness (QED) is 0.349. The third-order valence-electron chi connectivity index (χ3n) is 5.61. The van der Waals surface area contributed by atoms with Crippen LogP contribution in [0.2, 0.25) is 10.0 Å². The molecule has 1 unspecified atom stereocenters. The molecule has 3 N–H and O–H groups in total. The van der Waals surface area contributed by atoms with Crippen molar-refractivity contribution in [1.82, 2.24) is 10.2 Å². The fourth-order valence-corrected chi connectivity index (χ4v) is 4.26. The molecule has 1 aromatic heterocycles. The lowest BCUT2D eigenvalue weighted by molar-refractivity contribution is 0.306. The number of hydrogen-bond donors (Lipinski definition) is 2. The first-order valence-corrected chi connectivity index (χ1v) is 11.2. The van der Waals surface area contributed by atoms with Gasteiger partial charge in [-0.1, -0.05) is 59.6 Å². The number of nitrogens with one attached hydrogen (secondary N) is 1. The van der Waals surface area contributed by atoms with E-state index in [9.17, 15) is 5.26 Å². The summed E-state index contributed by atoms with van der Waals surface area (Å²) in [4.78, 5) is 0. The molecule has 0 saturated carbocycles. The number of H-pyrrole nitrogens is 1. The van der Waals surface area contributed by atoms with Gasteiger partial charge in [-0.25, -0.2) is 0 Å². The van der Waals surface area contributed by atoms with Gasteiger partial charge < -0.3 is 15.2 Å². The second kappa shape index (κ2) is 9.14. The van der Waals surface area contributed by atoms with Crippen LogP contribution in [0.4, 0.5) is 0 Å². The number of hydrogen-bond acceptors (Lipinski definition) is 5. The van der Waals surface area contributed by atoms with Crippen molar-refractivity contribution in [2.75, 3.05) is 0 Å². The molecule has 0 saturated heterocycles. The molecule has 3 aromatic carbocycles. The van der Waals surface area contributed by atoms with E-state index in [1.54, 1.807) is 12.1 Å². The van der Waals surface area contributed by atoms with Crippen LogP contribution in [0.25, 0.3) is 11.3 Å². The Morgan fingerprint density at radius 3 is 2.50 bits per heavy atom. The highest BCUT2D eigenvalue weighted by Crippen LogP contribution is 2.46. The molecule has 0 aliphatic carbocycles. The van der Waals surface area contributed by atoms with Gasteiger partial charge in [-0.2, -0.15) is 5.26 Å². The molecule has 4 aromatic rings. The molecule has 0 amide bonds. The van der Waals surface area contributed by atoms with Gasteiger partial charge in [0.05, 0.1) is 27.2 Å². The minimum absolute atomic E-state index is 0.00813. The molecule has 1 atom stereocenters. The van der Waals surface area contributed by atoms with E-state index in [1.165, 1.54) is 0 Å². The number of aromatic amines is 1. The second-order valence-corrected chi connectivity index (χ2v) is 8.53. The lowest BCUT2D eigenvalue weighted by atomic mass is 9.83. The highest BCUT2D eigenvalue weighted by molar-refractivity contribution is 6.42. The van der Waals surface area contributed by atoms with Crippen molar-refractivity contribution in [2.24, 2.45) is 5.73 Å². The van der Waals surface area contributed by atoms with Crippen LogP contribution < -0.4 is 15.2 Å². The number of benzene rings is 3. The minimum Gasteiger partial charge on any atom is -0.489 e. The fourth-order valence-electron chi connectivity index (χ4n) is 3.95. The Morgan fingerprint density at radius 1 is 1.03 bits per heavy atom. The zero-order valence-electron chi connectivity index (χ0n) is 17.8. The van der Waals surface area contributed by atoms with Gasteiger partial charge in [-0.15, -0.1) is 5.10 Å². The maximum absolute atomic E-state index is 9.86. The van der Waals surface area contributed by atoms with E-state index >= 15 is 0 Å². The van der Waals surface area contributed by atoms with Gasteiger partial charge in [-0.05, 0) is 47.5 Å². The molecule has 0 radical (unpaired) electrons. The number of halogens is 2. The van der Waals surface area contributed by atoms with Gasteiger partial charge in [0.2, 0.25) is 11.8 Å². The van der Waals surface area contributed by atoms with Crippen LogP contribution in [0.5, 0.6) is 11.6 Å². The first-order valence-electron chi connectivity index (χ1n) is 10.4. The SMILES string of the molecule is N#CC1=C(N)Oc2n[nH]c(-c3ccc(OCc4ccccc4)cc3)c2C1c1ccc(Cl)c(Cl)c1. The molecule has 34 heavy (non-hydrogen) atoms. The second-order valence-electron chi connectivity index (χ2n) is 7.71. The Balaban J connectivity index is 1.50. The van der Waals surface area contributed by atoms with Crippen LogP contribution in [0.3, 0.4) is 0 Å². The van der Waals surface area contributed by atoms with Crippen LogP contribution in [-0.2, 0) is 6.61 Å². The molecule has 8 heteroatoms. The summed E-state index contributed by atoms with van der Waals surface area (Å²) in [6.07, 6.45) is 0. The number of nitriles is 1. The molecule has 0 fully saturated rings. The van der Waals surface area contributed by atoms with Crippen molar-refractivity contribution in [3.8, 4) is 29.0 Å². The maximum Gasteiger partial charge on any atom is 0.244 e. The number of nitrogens with two attached hydrogens (primary N) is 1. The van der Waals surface area contributed by atoms with Gasteiger partial charge >= 0.3 is 0 Å². The minimum atomic E-state index is -0.522. The van der Waals surface area contributed by atoms with Gasteiger partial charge in [0.15, 0.2) is 0 Å². The van der Waals surface area contributed by atoms with E-state index < -0.39 is 5.92 Å². The van der Waals surface area contributed by atoms with Crippen molar-refractivity contribution >= 4 is 23.2 Å². The predicted octanol–water partition coefficient (Wildman–Crippen LogP) is 6.18. The zero-order valence-corrected chi connectivity index (χ0v) is 19.3. The van der Waals surface area contributed by atoms with Crippen molar-refractivity contribution < 1.29 is 9.47 Å². The molecule has 5 rings (SSSR count). The summed E-state index contributed by atoms with van der Waals surface area (Å²) in [5.74, 6) is 0.534. The molecule has 0 bridgehead atoms. The summed E-state index contributed by atoms with van der Waals surface area (Å²) in [5.41, 5.74) is 10.4. The Morgan fingerprint density at radius 2 is 1.79 bits per heavy atom.